The first-order valence-corrected chi connectivity index (χ1v) is 10.8. The second kappa shape index (κ2) is 7.42. The van der Waals surface area contributed by atoms with Gasteiger partial charge in [-0.05, 0) is 67.6 Å². The number of aliphatic imine (C=N–C) groups is 1. The van der Waals surface area contributed by atoms with Crippen LogP contribution in [0.25, 0.3) is 11.8 Å². The van der Waals surface area contributed by atoms with Gasteiger partial charge in [-0.25, -0.2) is 0 Å². The summed E-state index contributed by atoms with van der Waals surface area (Å²) in [6.07, 6.45) is 1.75. The van der Waals surface area contributed by atoms with Crippen LogP contribution in [0.1, 0.15) is 30.8 Å². The number of aromatic nitrogens is 1. The zero-order valence-electron chi connectivity index (χ0n) is 16.5. The highest BCUT2D eigenvalue weighted by atomic mass is 79.9. The number of amidine groups is 2. The zero-order valence-corrected chi connectivity index (χ0v) is 18.9. The van der Waals surface area contributed by atoms with Crippen LogP contribution in [0.15, 0.2) is 50.5 Å². The van der Waals surface area contributed by atoms with Crippen LogP contribution < -0.4 is 0 Å². The van der Waals surface area contributed by atoms with Gasteiger partial charge < -0.3 is 4.57 Å². The van der Waals surface area contributed by atoms with Gasteiger partial charge in [0.05, 0.1) is 5.57 Å². The van der Waals surface area contributed by atoms with Gasteiger partial charge in [-0.3, -0.25) is 10.2 Å². The van der Waals surface area contributed by atoms with Gasteiger partial charge in [0, 0.05) is 27.5 Å². The molecule has 0 bridgehead atoms. The summed E-state index contributed by atoms with van der Waals surface area (Å²) >= 11 is 4.82. The largest absolute Gasteiger partial charge is 0.318 e. The monoisotopic (exact) mass is 469 g/mol. The Bertz CT molecular complexity index is 1120. The van der Waals surface area contributed by atoms with Crippen LogP contribution in [0.4, 0.5) is 0 Å². The lowest BCUT2D eigenvalue weighted by molar-refractivity contribution is -0.114. The van der Waals surface area contributed by atoms with Crippen LogP contribution >= 0.6 is 27.7 Å². The molecule has 0 saturated carbocycles. The second-order valence-electron chi connectivity index (χ2n) is 7.25. The molecule has 0 aliphatic carbocycles. The van der Waals surface area contributed by atoms with Crippen molar-refractivity contribution in [3.05, 3.63) is 57.3 Å². The number of thioether (sulfide) groups is 1. The molecule has 2 aliphatic rings. The van der Waals surface area contributed by atoms with Crippen molar-refractivity contribution >= 4 is 55.7 Å². The maximum Gasteiger partial charge on any atom is 0.283 e. The Kier molecular flexibility index (Phi) is 5.08. The fourth-order valence-electron chi connectivity index (χ4n) is 3.32. The molecule has 29 heavy (non-hydrogen) atoms. The molecule has 8 heteroatoms. The molecule has 1 amide bonds. The Hall–Kier alpha value is -2.45. The number of halogens is 1. The number of carbonyl (C=O) groups excluding carboxylic acids is 1. The number of nitrogens with zero attached hydrogens (tertiary/aromatic N) is 4. The van der Waals surface area contributed by atoms with E-state index < -0.39 is 5.91 Å². The number of carbonyl (C=O) groups is 1. The third kappa shape index (κ3) is 3.51. The summed E-state index contributed by atoms with van der Waals surface area (Å²) in [5, 5.41) is 15.8. The molecule has 148 valence electrons. The Labute approximate surface area is 182 Å². The molecule has 0 spiro atoms. The van der Waals surface area contributed by atoms with E-state index in [2.05, 4.69) is 30.6 Å². The predicted octanol–water partition coefficient (Wildman–Crippen LogP) is 5.13. The third-order valence-corrected chi connectivity index (χ3v) is 6.56. The van der Waals surface area contributed by atoms with Crippen molar-refractivity contribution in [1.29, 1.82) is 5.41 Å². The van der Waals surface area contributed by atoms with Gasteiger partial charge >= 0.3 is 0 Å². The van der Waals surface area contributed by atoms with Crippen LogP contribution in [0, 0.1) is 25.2 Å². The fourth-order valence-corrected chi connectivity index (χ4v) is 4.47. The van der Waals surface area contributed by atoms with E-state index in [9.17, 15) is 4.79 Å². The Balaban J connectivity index is 1.74. The van der Waals surface area contributed by atoms with Crippen molar-refractivity contribution in [2.75, 3.05) is 0 Å². The van der Waals surface area contributed by atoms with Crippen LogP contribution in [-0.4, -0.2) is 31.5 Å². The summed E-state index contributed by atoms with van der Waals surface area (Å²) in [6, 6.07) is 10.1. The first kappa shape index (κ1) is 19.8. The van der Waals surface area contributed by atoms with Crippen molar-refractivity contribution in [3.63, 3.8) is 0 Å². The van der Waals surface area contributed by atoms with E-state index in [-0.39, 0.29) is 17.3 Å². The number of hydrogen-bond donors (Lipinski definition) is 1. The van der Waals surface area contributed by atoms with Crippen molar-refractivity contribution in [3.8, 4) is 5.69 Å². The number of benzene rings is 1. The number of hydrogen-bond acceptors (Lipinski definition) is 4. The molecule has 3 heterocycles. The predicted molar refractivity (Wildman–Crippen MR) is 123 cm³/mol. The smallest absolute Gasteiger partial charge is 0.283 e. The molecule has 1 aromatic carbocycles. The van der Waals surface area contributed by atoms with E-state index in [1.54, 1.807) is 6.08 Å². The Morgan fingerprint density at radius 1 is 1.21 bits per heavy atom. The molecule has 0 fully saturated rings. The Morgan fingerprint density at radius 3 is 2.55 bits per heavy atom. The standard InChI is InChI=1S/C21H20BrN5OS/c1-11(2)20-25-27-18(23)17(19(28)24-21(27)29-20)10-14-9-12(3)26(13(14)4)16-7-5-15(22)6-8-16/h5-11,23H,1-4H3/b17-10-,23-18?. The lowest BCUT2D eigenvalue weighted by Crippen LogP contribution is -2.35. The van der Waals surface area contributed by atoms with Crippen LogP contribution in [0.2, 0.25) is 0 Å². The quantitative estimate of drug-likeness (QED) is 0.632. The van der Waals surface area contributed by atoms with E-state index in [4.69, 9.17) is 5.41 Å². The summed E-state index contributed by atoms with van der Waals surface area (Å²) in [4.78, 5) is 16.8. The van der Waals surface area contributed by atoms with Gasteiger partial charge in [0.1, 0.15) is 5.04 Å². The number of aryl methyl sites for hydroxylation is 1. The first-order valence-electron chi connectivity index (χ1n) is 9.21. The zero-order chi connectivity index (χ0) is 20.9. The van der Waals surface area contributed by atoms with Gasteiger partial charge in [0.2, 0.25) is 5.17 Å². The Morgan fingerprint density at radius 2 is 1.90 bits per heavy atom. The number of amides is 1. The highest BCUT2D eigenvalue weighted by Crippen LogP contribution is 2.31. The highest BCUT2D eigenvalue weighted by molar-refractivity contribution is 9.10. The molecule has 6 nitrogen and oxygen atoms in total. The molecule has 2 aromatic rings. The molecule has 2 aliphatic heterocycles. The van der Waals surface area contributed by atoms with E-state index in [0.717, 1.165) is 32.2 Å². The molecular formula is C21H20BrN5OS. The summed E-state index contributed by atoms with van der Waals surface area (Å²) in [5.74, 6) is -0.118. The van der Waals surface area contributed by atoms with Gasteiger partial charge in [-0.1, -0.05) is 29.8 Å². The van der Waals surface area contributed by atoms with E-state index in [1.807, 2.05) is 58.0 Å². The van der Waals surface area contributed by atoms with Gasteiger partial charge in [-0.15, -0.1) is 0 Å². The molecule has 0 unspecified atom stereocenters. The topological polar surface area (TPSA) is 73.8 Å². The SMILES string of the molecule is Cc1cc(/C=C2/C(=N)N3N=C(C(C)C)SC3=NC2=O)c(C)n1-c1ccc(Br)cc1. The summed E-state index contributed by atoms with van der Waals surface area (Å²) in [7, 11) is 0. The minimum absolute atomic E-state index is 0.0663. The van der Waals surface area contributed by atoms with E-state index in [1.165, 1.54) is 16.8 Å². The molecule has 4 rings (SSSR count). The van der Waals surface area contributed by atoms with Gasteiger partial charge in [0.15, 0.2) is 5.84 Å². The maximum absolute atomic E-state index is 12.6. The number of fused-ring (bicyclic) bond motifs is 1. The van der Waals surface area contributed by atoms with Gasteiger partial charge in [0.25, 0.3) is 5.91 Å². The molecular weight excluding hydrogens is 450 g/mol. The van der Waals surface area contributed by atoms with Crippen molar-refractivity contribution in [2.45, 2.75) is 27.7 Å². The first-order chi connectivity index (χ1) is 13.8. The second-order valence-corrected chi connectivity index (χ2v) is 9.15. The molecule has 1 N–H and O–H groups in total. The van der Waals surface area contributed by atoms with Crippen molar-refractivity contribution in [1.82, 2.24) is 9.58 Å². The fraction of sp³-hybridized carbons (Fsp3) is 0.238. The molecule has 1 aromatic heterocycles. The third-order valence-electron chi connectivity index (χ3n) is 4.82. The van der Waals surface area contributed by atoms with E-state index >= 15 is 0 Å². The molecule has 0 atom stereocenters. The van der Waals surface area contributed by atoms with Crippen LogP contribution in [-0.2, 0) is 4.79 Å². The lowest BCUT2D eigenvalue weighted by Gasteiger charge is -2.20. The summed E-state index contributed by atoms with van der Waals surface area (Å²) in [5.41, 5.74) is 4.22. The maximum atomic E-state index is 12.6. The minimum Gasteiger partial charge on any atom is -0.318 e. The summed E-state index contributed by atoms with van der Waals surface area (Å²) in [6.45, 7) is 8.10. The molecule has 0 radical (unpaired) electrons. The average Bonchev–Trinajstić information content (AvgIpc) is 3.21. The van der Waals surface area contributed by atoms with Crippen LogP contribution in [0.3, 0.4) is 0 Å². The lowest BCUT2D eigenvalue weighted by atomic mass is 10.1. The normalized spacial score (nSPS) is 17.9. The number of nitrogens with one attached hydrogen (secondary N) is 1. The minimum atomic E-state index is -0.401. The van der Waals surface area contributed by atoms with Crippen molar-refractivity contribution < 1.29 is 4.79 Å². The summed E-state index contributed by atoms with van der Waals surface area (Å²) < 4.78 is 3.15. The highest BCUT2D eigenvalue weighted by Gasteiger charge is 2.36. The average molecular weight is 470 g/mol. The molecule has 0 saturated heterocycles. The number of hydrazone groups is 1. The van der Waals surface area contributed by atoms with Crippen LogP contribution in [0.5, 0.6) is 0 Å². The van der Waals surface area contributed by atoms with Gasteiger partial charge in [-0.2, -0.15) is 15.1 Å². The number of rotatable bonds is 3. The van der Waals surface area contributed by atoms with Crippen molar-refractivity contribution in [2.24, 2.45) is 16.0 Å². The van der Waals surface area contributed by atoms with E-state index in [0.29, 0.717) is 5.17 Å².